The van der Waals surface area contributed by atoms with Gasteiger partial charge < -0.3 is 5.11 Å². The number of aromatic carboxylic acids is 1. The molecule has 0 saturated heterocycles. The summed E-state index contributed by atoms with van der Waals surface area (Å²) in [6.07, 6.45) is 1.92. The number of sulfonamides is 1. The molecule has 0 aliphatic rings. The van der Waals surface area contributed by atoms with Crippen molar-refractivity contribution in [3.05, 3.63) is 94.0 Å². The monoisotopic (exact) mass is 437 g/mol. The third kappa shape index (κ3) is 5.33. The first-order valence-electron chi connectivity index (χ1n) is 10.2. The largest absolute Gasteiger partial charge is 0.478 e. The lowest BCUT2D eigenvalue weighted by molar-refractivity contribution is 0.0695. The quantitative estimate of drug-likeness (QED) is 0.502. The van der Waals surface area contributed by atoms with Gasteiger partial charge in [0.25, 0.3) is 10.0 Å². The minimum Gasteiger partial charge on any atom is -0.478 e. The second-order valence-corrected chi connectivity index (χ2v) is 9.43. The van der Waals surface area contributed by atoms with E-state index in [2.05, 4.69) is 4.72 Å². The minimum absolute atomic E-state index is 0.307. The number of rotatable bonds is 8. The molecule has 0 amide bonds. The molecule has 0 aromatic heterocycles. The number of anilines is 1. The van der Waals surface area contributed by atoms with E-state index in [4.69, 9.17) is 0 Å². The Hall–Kier alpha value is -3.12. The molecule has 6 heteroatoms. The maximum absolute atomic E-state index is 13.1. The average Bonchev–Trinajstić information content (AvgIpc) is 2.68. The summed E-state index contributed by atoms with van der Waals surface area (Å²) in [7, 11) is -3.74. The van der Waals surface area contributed by atoms with Crippen molar-refractivity contribution in [2.75, 3.05) is 4.72 Å². The topological polar surface area (TPSA) is 83.5 Å². The molecule has 2 N–H and O–H groups in total. The Labute approximate surface area is 183 Å². The van der Waals surface area contributed by atoms with Crippen molar-refractivity contribution >= 4 is 21.7 Å². The highest BCUT2D eigenvalue weighted by Gasteiger charge is 2.21. The van der Waals surface area contributed by atoms with E-state index in [1.54, 1.807) is 38.1 Å². The van der Waals surface area contributed by atoms with Gasteiger partial charge in [0.1, 0.15) is 0 Å². The third-order valence-corrected chi connectivity index (χ3v) is 6.95. The smallest absolute Gasteiger partial charge is 0.335 e. The lowest BCUT2D eigenvalue weighted by atomic mass is 9.99. The van der Waals surface area contributed by atoms with Crippen molar-refractivity contribution in [2.24, 2.45) is 0 Å². The van der Waals surface area contributed by atoms with E-state index in [-0.39, 0.29) is 0 Å². The minimum atomic E-state index is -3.74. The molecule has 0 spiro atoms. The molecule has 0 saturated carbocycles. The van der Waals surface area contributed by atoms with Crippen LogP contribution in [0.15, 0.2) is 65.6 Å². The van der Waals surface area contributed by atoms with Crippen molar-refractivity contribution in [2.45, 2.75) is 44.9 Å². The van der Waals surface area contributed by atoms with E-state index < -0.39 is 16.0 Å². The number of hydrogen-bond acceptors (Lipinski definition) is 3. The van der Waals surface area contributed by atoms with Crippen LogP contribution in [0.1, 0.15) is 44.6 Å². The SMILES string of the molecule is Cc1cc(C)c(S(=O)(=O)Nc2ccccc2CCCc2ccccc2C(=O)O)c(C)c1. The maximum Gasteiger partial charge on any atom is 0.335 e. The van der Waals surface area contributed by atoms with E-state index >= 15 is 0 Å². The van der Waals surface area contributed by atoms with Crippen LogP contribution in [0.5, 0.6) is 0 Å². The van der Waals surface area contributed by atoms with Gasteiger partial charge in [-0.1, -0.05) is 54.1 Å². The Kier molecular flexibility index (Phi) is 6.81. The Bertz CT molecular complexity index is 1190. The van der Waals surface area contributed by atoms with Crippen LogP contribution in [0.3, 0.4) is 0 Å². The Morgan fingerprint density at radius 1 is 0.871 bits per heavy atom. The molecule has 0 bridgehead atoms. The van der Waals surface area contributed by atoms with Crippen molar-refractivity contribution in [1.82, 2.24) is 0 Å². The highest BCUT2D eigenvalue weighted by Crippen LogP contribution is 2.26. The van der Waals surface area contributed by atoms with Gasteiger partial charge >= 0.3 is 5.97 Å². The molecule has 0 radical (unpaired) electrons. The lowest BCUT2D eigenvalue weighted by Crippen LogP contribution is -2.17. The van der Waals surface area contributed by atoms with Gasteiger partial charge in [-0.25, -0.2) is 13.2 Å². The van der Waals surface area contributed by atoms with Crippen molar-refractivity contribution in [3.8, 4) is 0 Å². The van der Waals surface area contributed by atoms with Crippen LogP contribution in [0.25, 0.3) is 0 Å². The number of para-hydroxylation sites is 1. The summed E-state index contributed by atoms with van der Waals surface area (Å²) in [6, 6.07) is 18.0. The van der Waals surface area contributed by atoms with Crippen LogP contribution in [0.4, 0.5) is 5.69 Å². The van der Waals surface area contributed by atoms with Gasteiger partial charge in [0.2, 0.25) is 0 Å². The molecule has 3 aromatic rings. The predicted molar refractivity (Wildman–Crippen MR) is 123 cm³/mol. The van der Waals surface area contributed by atoms with Crippen LogP contribution in [-0.4, -0.2) is 19.5 Å². The molecule has 162 valence electrons. The normalized spacial score (nSPS) is 11.3. The molecule has 0 atom stereocenters. The van der Waals surface area contributed by atoms with Gasteiger partial charge in [0, 0.05) is 0 Å². The van der Waals surface area contributed by atoms with Gasteiger partial charge in [-0.2, -0.15) is 0 Å². The molecule has 0 heterocycles. The van der Waals surface area contributed by atoms with Crippen molar-refractivity contribution in [3.63, 3.8) is 0 Å². The first kappa shape index (κ1) is 22.6. The van der Waals surface area contributed by atoms with Gasteiger partial charge in [-0.05, 0) is 74.4 Å². The number of carboxylic acids is 1. The fourth-order valence-electron chi connectivity index (χ4n) is 4.04. The zero-order chi connectivity index (χ0) is 22.6. The predicted octanol–water partition coefficient (Wildman–Crippen LogP) is 5.29. The van der Waals surface area contributed by atoms with Gasteiger partial charge in [-0.15, -0.1) is 0 Å². The molecule has 0 aliphatic carbocycles. The Morgan fingerprint density at radius 3 is 2.06 bits per heavy atom. The fourth-order valence-corrected chi connectivity index (χ4v) is 5.60. The highest BCUT2D eigenvalue weighted by atomic mass is 32.2. The van der Waals surface area contributed by atoms with Gasteiger partial charge in [-0.3, -0.25) is 4.72 Å². The van der Waals surface area contributed by atoms with E-state index in [1.165, 1.54) is 0 Å². The van der Waals surface area contributed by atoms with E-state index in [9.17, 15) is 18.3 Å². The molecule has 0 unspecified atom stereocenters. The fraction of sp³-hybridized carbons (Fsp3) is 0.240. The standard InChI is InChI=1S/C25H27NO4S/c1-17-15-18(2)24(19(3)16-17)31(29,30)26-23-14-7-5-10-21(23)12-8-11-20-9-4-6-13-22(20)25(27)28/h4-7,9-10,13-16,26H,8,11-12H2,1-3H3,(H,27,28). The molecule has 0 aliphatic heterocycles. The molecule has 31 heavy (non-hydrogen) atoms. The second-order valence-electron chi connectivity index (χ2n) is 7.81. The van der Waals surface area contributed by atoms with Crippen LogP contribution in [0, 0.1) is 20.8 Å². The molecule has 0 fully saturated rings. The van der Waals surface area contributed by atoms with Crippen LogP contribution in [-0.2, 0) is 22.9 Å². The van der Waals surface area contributed by atoms with Gasteiger partial charge in [0.15, 0.2) is 0 Å². The third-order valence-electron chi connectivity index (χ3n) is 5.28. The summed E-state index contributed by atoms with van der Waals surface area (Å²) in [4.78, 5) is 11.7. The number of benzene rings is 3. The lowest BCUT2D eigenvalue weighted by Gasteiger charge is -2.16. The number of carboxylic acid groups (broad SMARTS) is 1. The number of nitrogens with one attached hydrogen (secondary N) is 1. The summed E-state index contributed by atoms with van der Waals surface area (Å²) in [6.45, 7) is 5.56. The summed E-state index contributed by atoms with van der Waals surface area (Å²) < 4.78 is 29.1. The van der Waals surface area contributed by atoms with Crippen molar-refractivity contribution < 1.29 is 18.3 Å². The van der Waals surface area contributed by atoms with Crippen molar-refractivity contribution in [1.29, 1.82) is 0 Å². The Balaban J connectivity index is 1.79. The van der Waals surface area contributed by atoms with Crippen LogP contribution < -0.4 is 4.72 Å². The first-order chi connectivity index (χ1) is 14.7. The zero-order valence-electron chi connectivity index (χ0n) is 18.0. The molecular weight excluding hydrogens is 410 g/mol. The number of aryl methyl sites for hydroxylation is 5. The second kappa shape index (κ2) is 9.35. The average molecular weight is 438 g/mol. The molecule has 5 nitrogen and oxygen atoms in total. The number of carbonyl (C=O) groups is 1. The molecular formula is C25H27NO4S. The van der Waals surface area contributed by atoms with E-state index in [1.807, 2.05) is 43.3 Å². The summed E-state index contributed by atoms with van der Waals surface area (Å²) >= 11 is 0. The highest BCUT2D eigenvalue weighted by molar-refractivity contribution is 7.92. The maximum atomic E-state index is 13.1. The molecule has 3 aromatic carbocycles. The first-order valence-corrected chi connectivity index (χ1v) is 11.7. The van der Waals surface area contributed by atoms with E-state index in [0.717, 1.165) is 16.7 Å². The molecule has 3 rings (SSSR count). The summed E-state index contributed by atoms with van der Waals surface area (Å²) in [5.41, 5.74) is 4.96. The number of hydrogen-bond donors (Lipinski definition) is 2. The van der Waals surface area contributed by atoms with E-state index in [0.29, 0.717) is 46.5 Å². The van der Waals surface area contributed by atoms with Crippen LogP contribution >= 0.6 is 0 Å². The summed E-state index contributed by atoms with van der Waals surface area (Å²) in [5, 5.41) is 9.35. The van der Waals surface area contributed by atoms with Gasteiger partial charge in [0.05, 0.1) is 16.1 Å². The summed E-state index contributed by atoms with van der Waals surface area (Å²) in [5.74, 6) is -0.937. The van der Waals surface area contributed by atoms with Crippen LogP contribution in [0.2, 0.25) is 0 Å². The zero-order valence-corrected chi connectivity index (χ0v) is 18.8. The Morgan fingerprint density at radius 2 is 1.42 bits per heavy atom.